The summed E-state index contributed by atoms with van der Waals surface area (Å²) in [6.07, 6.45) is 1.16. The fourth-order valence-corrected chi connectivity index (χ4v) is 4.61. The lowest BCUT2D eigenvalue weighted by Gasteiger charge is -2.33. The number of methoxy groups -OCH3 is 1. The number of benzene rings is 1. The molecule has 1 aromatic carbocycles. The first-order valence-electron chi connectivity index (χ1n) is 10.1. The number of hydrogen-bond acceptors (Lipinski definition) is 7. The van der Waals surface area contributed by atoms with Crippen LogP contribution in [0.5, 0.6) is 0 Å². The van der Waals surface area contributed by atoms with Crippen molar-refractivity contribution < 1.29 is 23.9 Å². The summed E-state index contributed by atoms with van der Waals surface area (Å²) in [5.74, 6) is -1.99. The number of nitrogens with two attached hydrogens (primary N) is 1. The number of likely N-dealkylation sites (tertiary alicyclic amines) is 1. The Hall–Kier alpha value is -2.62. The average Bonchev–Trinajstić information content (AvgIpc) is 3.17. The Morgan fingerprint density at radius 2 is 1.93 bits per heavy atom. The van der Waals surface area contributed by atoms with Gasteiger partial charge in [0.1, 0.15) is 6.04 Å². The zero-order valence-corrected chi connectivity index (χ0v) is 17.1. The van der Waals surface area contributed by atoms with Gasteiger partial charge in [0.25, 0.3) is 11.8 Å². The molecule has 2 fully saturated rings. The fraction of sp³-hybridized carbons (Fsp3) is 0.524. The summed E-state index contributed by atoms with van der Waals surface area (Å²) in [7, 11) is 1.69. The Labute approximate surface area is 174 Å². The number of piperidine rings is 1. The number of hydrogen-bond donors (Lipinski definition) is 2. The first-order valence-corrected chi connectivity index (χ1v) is 10.1. The maximum Gasteiger partial charge on any atom is 0.262 e. The molecule has 0 aliphatic carbocycles. The van der Waals surface area contributed by atoms with Crippen LogP contribution in [-0.4, -0.2) is 71.3 Å². The number of fused-ring (bicyclic) bond motifs is 1. The molecular weight excluding hydrogens is 388 g/mol. The number of imide groups is 2. The van der Waals surface area contributed by atoms with Crippen LogP contribution in [0, 0.1) is 0 Å². The Bertz CT molecular complexity index is 932. The van der Waals surface area contributed by atoms with Crippen LogP contribution in [-0.2, 0) is 20.9 Å². The quantitative estimate of drug-likeness (QED) is 0.652. The van der Waals surface area contributed by atoms with Crippen LogP contribution < -0.4 is 11.1 Å². The van der Waals surface area contributed by atoms with E-state index in [1.165, 1.54) is 0 Å². The third-order valence-electron chi connectivity index (χ3n) is 6.51. The van der Waals surface area contributed by atoms with Gasteiger partial charge in [0.2, 0.25) is 11.8 Å². The molecule has 0 aromatic heterocycles. The van der Waals surface area contributed by atoms with E-state index in [0.29, 0.717) is 18.7 Å². The maximum atomic E-state index is 13.0. The molecule has 0 saturated carbocycles. The molecule has 1 aromatic rings. The molecule has 3 aliphatic heterocycles. The monoisotopic (exact) mass is 414 g/mol. The molecule has 30 heavy (non-hydrogen) atoms. The smallest absolute Gasteiger partial charge is 0.262 e. The van der Waals surface area contributed by atoms with Crippen LogP contribution in [0.3, 0.4) is 0 Å². The number of carbonyl (C=O) groups excluding carboxylic acids is 4. The fourth-order valence-electron chi connectivity index (χ4n) is 4.61. The van der Waals surface area contributed by atoms with Gasteiger partial charge in [0, 0.05) is 38.7 Å². The number of rotatable bonds is 5. The van der Waals surface area contributed by atoms with Gasteiger partial charge < -0.3 is 10.5 Å². The molecule has 2 saturated heterocycles. The predicted octanol–water partition coefficient (Wildman–Crippen LogP) is 0.0259. The van der Waals surface area contributed by atoms with E-state index in [1.807, 2.05) is 6.07 Å². The summed E-state index contributed by atoms with van der Waals surface area (Å²) < 4.78 is 5.52. The molecule has 9 heteroatoms. The summed E-state index contributed by atoms with van der Waals surface area (Å²) in [4.78, 5) is 52.6. The van der Waals surface area contributed by atoms with Crippen molar-refractivity contribution in [3.63, 3.8) is 0 Å². The number of ether oxygens (including phenoxy) is 1. The number of nitrogens with one attached hydrogen (secondary N) is 1. The molecule has 3 heterocycles. The first-order chi connectivity index (χ1) is 14.3. The van der Waals surface area contributed by atoms with E-state index < -0.39 is 29.7 Å². The number of nitrogens with zero attached hydrogens (tertiary/aromatic N) is 2. The van der Waals surface area contributed by atoms with Crippen molar-refractivity contribution in [2.24, 2.45) is 5.73 Å². The Balaban J connectivity index is 1.57. The molecule has 4 rings (SSSR count). The number of amides is 4. The van der Waals surface area contributed by atoms with E-state index in [1.54, 1.807) is 19.2 Å². The van der Waals surface area contributed by atoms with Crippen LogP contribution in [0.2, 0.25) is 0 Å². The van der Waals surface area contributed by atoms with E-state index >= 15 is 0 Å². The third-order valence-corrected chi connectivity index (χ3v) is 6.51. The van der Waals surface area contributed by atoms with E-state index in [4.69, 9.17) is 10.5 Å². The normalized spacial score (nSPS) is 29.5. The van der Waals surface area contributed by atoms with Crippen LogP contribution in [0.4, 0.5) is 0 Å². The Morgan fingerprint density at radius 1 is 1.20 bits per heavy atom. The lowest BCUT2D eigenvalue weighted by Crippen LogP contribution is -2.54. The second kappa shape index (κ2) is 7.57. The SMILES string of the molecule is COC1CN(Cc2ccc3c(c2)C(=O)N(C2CCC(=O)NC2=O)C3=O)C(C)(CN)C1. The Morgan fingerprint density at radius 3 is 2.60 bits per heavy atom. The van der Waals surface area contributed by atoms with Crippen molar-refractivity contribution in [1.29, 1.82) is 0 Å². The highest BCUT2D eigenvalue weighted by atomic mass is 16.5. The lowest BCUT2D eigenvalue weighted by atomic mass is 9.97. The largest absolute Gasteiger partial charge is 0.380 e. The minimum atomic E-state index is -0.958. The minimum absolute atomic E-state index is 0.0965. The molecule has 9 nitrogen and oxygen atoms in total. The zero-order valence-electron chi connectivity index (χ0n) is 17.1. The highest BCUT2D eigenvalue weighted by molar-refractivity contribution is 6.23. The molecular formula is C21H26N4O5. The van der Waals surface area contributed by atoms with E-state index in [9.17, 15) is 19.2 Å². The van der Waals surface area contributed by atoms with Crippen molar-refractivity contribution in [2.45, 2.75) is 50.4 Å². The van der Waals surface area contributed by atoms with Gasteiger partial charge in [-0.1, -0.05) is 6.07 Å². The van der Waals surface area contributed by atoms with E-state index in [0.717, 1.165) is 23.4 Å². The molecule has 3 aliphatic rings. The molecule has 0 spiro atoms. The number of carbonyl (C=O) groups is 4. The van der Waals surface area contributed by atoms with E-state index in [2.05, 4.69) is 17.1 Å². The third kappa shape index (κ3) is 3.32. The second-order valence-corrected chi connectivity index (χ2v) is 8.47. The molecule has 0 bridgehead atoms. The van der Waals surface area contributed by atoms with Gasteiger partial charge in [-0.05, 0) is 37.5 Å². The average molecular weight is 414 g/mol. The molecule has 3 unspecified atom stereocenters. The van der Waals surface area contributed by atoms with Crippen LogP contribution in [0.15, 0.2) is 18.2 Å². The molecule has 3 atom stereocenters. The van der Waals surface area contributed by atoms with Gasteiger partial charge in [-0.2, -0.15) is 0 Å². The summed E-state index contributed by atoms with van der Waals surface area (Å²) in [5, 5.41) is 2.20. The predicted molar refractivity (Wildman–Crippen MR) is 106 cm³/mol. The van der Waals surface area contributed by atoms with Gasteiger partial charge in [-0.15, -0.1) is 0 Å². The molecule has 0 radical (unpaired) electrons. The van der Waals surface area contributed by atoms with Gasteiger partial charge >= 0.3 is 0 Å². The standard InChI is InChI=1S/C21H26N4O5/c1-21(11-22)8-13(30-2)10-24(21)9-12-3-4-14-15(7-12)20(29)25(19(14)28)16-5-6-17(26)23-18(16)27/h3-4,7,13,16H,5-6,8-11,22H2,1-2H3,(H,23,26,27). The molecule has 3 N–H and O–H groups in total. The minimum Gasteiger partial charge on any atom is -0.380 e. The van der Waals surface area contributed by atoms with Crippen molar-refractivity contribution >= 4 is 23.6 Å². The van der Waals surface area contributed by atoms with Gasteiger partial charge in [-0.25, -0.2) is 0 Å². The van der Waals surface area contributed by atoms with E-state index in [-0.39, 0.29) is 30.0 Å². The molecule has 4 amide bonds. The van der Waals surface area contributed by atoms with Crippen LogP contribution in [0.25, 0.3) is 0 Å². The van der Waals surface area contributed by atoms with Crippen LogP contribution in [0.1, 0.15) is 52.5 Å². The highest BCUT2D eigenvalue weighted by Gasteiger charge is 2.45. The van der Waals surface area contributed by atoms with Gasteiger partial charge in [-0.3, -0.25) is 34.3 Å². The summed E-state index contributed by atoms with van der Waals surface area (Å²) in [6.45, 7) is 3.88. The van der Waals surface area contributed by atoms with Gasteiger partial charge in [0.05, 0.1) is 17.2 Å². The van der Waals surface area contributed by atoms with Crippen molar-refractivity contribution in [3.05, 3.63) is 34.9 Å². The van der Waals surface area contributed by atoms with Gasteiger partial charge in [0.15, 0.2) is 0 Å². The molecule has 160 valence electrons. The maximum absolute atomic E-state index is 13.0. The van der Waals surface area contributed by atoms with Crippen molar-refractivity contribution in [1.82, 2.24) is 15.1 Å². The topological polar surface area (TPSA) is 122 Å². The second-order valence-electron chi connectivity index (χ2n) is 8.47. The lowest BCUT2D eigenvalue weighted by molar-refractivity contribution is -0.136. The van der Waals surface area contributed by atoms with Crippen LogP contribution >= 0.6 is 0 Å². The van der Waals surface area contributed by atoms with Crippen molar-refractivity contribution in [2.75, 3.05) is 20.2 Å². The highest BCUT2D eigenvalue weighted by Crippen LogP contribution is 2.33. The van der Waals surface area contributed by atoms with Crippen molar-refractivity contribution in [3.8, 4) is 0 Å². The summed E-state index contributed by atoms with van der Waals surface area (Å²) in [5.41, 5.74) is 7.27. The summed E-state index contributed by atoms with van der Waals surface area (Å²) in [6, 6.07) is 4.23. The zero-order chi connectivity index (χ0) is 21.6. The Kier molecular flexibility index (Phi) is 5.21. The first kappa shape index (κ1) is 20.6. The summed E-state index contributed by atoms with van der Waals surface area (Å²) >= 11 is 0.